The number of carbonyl (C=O) groups is 2. The van der Waals surface area contributed by atoms with Crippen LogP contribution in [0.3, 0.4) is 0 Å². The number of nitrogens with one attached hydrogen (secondary N) is 1. The highest BCUT2D eigenvalue weighted by atomic mass is 32.2. The third kappa shape index (κ3) is 5.92. The van der Waals surface area contributed by atoms with Gasteiger partial charge >= 0.3 is 0 Å². The smallest absolute Gasteiger partial charge is 0.243 e. The average Bonchev–Trinajstić information content (AvgIpc) is 2.66. The summed E-state index contributed by atoms with van der Waals surface area (Å²) >= 11 is 1.58. The third-order valence-electron chi connectivity index (χ3n) is 4.12. The third-order valence-corrected chi connectivity index (χ3v) is 5.32. The molecule has 0 bridgehead atoms. The first-order valence-electron chi connectivity index (χ1n) is 8.79. The summed E-state index contributed by atoms with van der Waals surface area (Å²) in [5.41, 5.74) is 3.09. The van der Waals surface area contributed by atoms with Crippen LogP contribution in [0.4, 0.5) is 5.69 Å². The summed E-state index contributed by atoms with van der Waals surface area (Å²) in [6, 6.07) is 17.8. The molecule has 138 valence electrons. The molecule has 2 rings (SSSR count). The van der Waals surface area contributed by atoms with Crippen LogP contribution in [0.15, 0.2) is 54.6 Å². The molecule has 0 aromatic heterocycles. The van der Waals surface area contributed by atoms with Crippen molar-refractivity contribution in [3.63, 3.8) is 0 Å². The largest absolute Gasteiger partial charge is 0.335 e. The van der Waals surface area contributed by atoms with Crippen molar-refractivity contribution < 1.29 is 9.59 Å². The van der Waals surface area contributed by atoms with E-state index in [1.54, 1.807) is 18.8 Å². The second-order valence-electron chi connectivity index (χ2n) is 6.19. The van der Waals surface area contributed by atoms with Crippen molar-refractivity contribution in [2.75, 3.05) is 18.9 Å². The molecule has 2 aromatic rings. The van der Waals surface area contributed by atoms with Gasteiger partial charge in [-0.1, -0.05) is 55.5 Å². The van der Waals surface area contributed by atoms with Crippen LogP contribution < -0.4 is 5.32 Å². The van der Waals surface area contributed by atoms with E-state index in [1.165, 1.54) is 10.5 Å². The fraction of sp³-hybridized carbons (Fsp3) is 0.333. The highest BCUT2D eigenvalue weighted by molar-refractivity contribution is 7.99. The highest BCUT2D eigenvalue weighted by Crippen LogP contribution is 2.19. The standard InChI is InChI=1S/C21H26N2O2S/c1-4-18-12-8-9-13-19(18)22-20(24)14-23(3)21(25)16(2)26-15-17-10-6-5-7-11-17/h5-13,16H,4,14-15H2,1-3H3,(H,22,24)/t16-/m0/s1. The molecule has 0 unspecified atom stereocenters. The van der Waals surface area contributed by atoms with E-state index in [9.17, 15) is 9.59 Å². The van der Waals surface area contributed by atoms with Gasteiger partial charge in [0.1, 0.15) is 0 Å². The van der Waals surface area contributed by atoms with Gasteiger partial charge in [-0.25, -0.2) is 0 Å². The van der Waals surface area contributed by atoms with Crippen molar-refractivity contribution in [3.8, 4) is 0 Å². The van der Waals surface area contributed by atoms with Crippen LogP contribution >= 0.6 is 11.8 Å². The second kappa shape index (κ2) is 10.0. The zero-order valence-corrected chi connectivity index (χ0v) is 16.4. The average molecular weight is 371 g/mol. The van der Waals surface area contributed by atoms with Gasteiger partial charge in [-0.3, -0.25) is 9.59 Å². The van der Waals surface area contributed by atoms with Crippen LogP contribution in [-0.4, -0.2) is 35.6 Å². The topological polar surface area (TPSA) is 49.4 Å². The van der Waals surface area contributed by atoms with Gasteiger partial charge in [-0.15, -0.1) is 11.8 Å². The van der Waals surface area contributed by atoms with E-state index in [1.807, 2.05) is 68.4 Å². The SMILES string of the molecule is CCc1ccccc1NC(=O)CN(C)C(=O)[C@H](C)SCc1ccccc1. The summed E-state index contributed by atoms with van der Waals surface area (Å²) in [4.78, 5) is 26.3. The lowest BCUT2D eigenvalue weighted by atomic mass is 10.1. The molecule has 4 nitrogen and oxygen atoms in total. The predicted octanol–water partition coefficient (Wildman–Crippen LogP) is 3.97. The number of para-hydroxylation sites is 1. The molecule has 2 amide bonds. The van der Waals surface area contributed by atoms with Crippen LogP contribution in [0, 0.1) is 0 Å². The Bertz CT molecular complexity index is 734. The Morgan fingerprint density at radius 3 is 2.42 bits per heavy atom. The first-order valence-corrected chi connectivity index (χ1v) is 9.84. The summed E-state index contributed by atoms with van der Waals surface area (Å²) in [6.45, 7) is 3.98. The number of hydrogen-bond acceptors (Lipinski definition) is 3. The molecule has 0 aliphatic heterocycles. The summed E-state index contributed by atoms with van der Waals surface area (Å²) < 4.78 is 0. The van der Waals surface area contributed by atoms with E-state index in [4.69, 9.17) is 0 Å². The molecule has 0 spiro atoms. The zero-order valence-electron chi connectivity index (χ0n) is 15.6. The van der Waals surface area contributed by atoms with Gasteiger partial charge < -0.3 is 10.2 Å². The molecule has 5 heteroatoms. The molecule has 0 aliphatic carbocycles. The lowest BCUT2D eigenvalue weighted by molar-refractivity contribution is -0.132. The summed E-state index contributed by atoms with van der Waals surface area (Å²) in [5, 5.41) is 2.71. The fourth-order valence-corrected chi connectivity index (χ4v) is 3.57. The van der Waals surface area contributed by atoms with Crippen molar-refractivity contribution in [1.82, 2.24) is 4.90 Å². The second-order valence-corrected chi connectivity index (χ2v) is 7.52. The number of thioether (sulfide) groups is 1. The Balaban J connectivity index is 1.84. The number of nitrogens with zero attached hydrogens (tertiary/aromatic N) is 1. The number of benzene rings is 2. The molecule has 0 radical (unpaired) electrons. The van der Waals surface area contributed by atoms with Gasteiger partial charge in [0.25, 0.3) is 0 Å². The number of likely N-dealkylation sites (N-methyl/N-ethyl adjacent to an activating group) is 1. The molecule has 0 saturated heterocycles. The number of hydrogen-bond donors (Lipinski definition) is 1. The van der Waals surface area contributed by atoms with Crippen LogP contribution in [-0.2, 0) is 21.8 Å². The maximum atomic E-state index is 12.5. The molecule has 0 saturated carbocycles. The van der Waals surface area contributed by atoms with E-state index >= 15 is 0 Å². The van der Waals surface area contributed by atoms with Gasteiger partial charge in [0.2, 0.25) is 11.8 Å². The number of amides is 2. The Morgan fingerprint density at radius 2 is 1.73 bits per heavy atom. The van der Waals surface area contributed by atoms with E-state index < -0.39 is 0 Å². The van der Waals surface area contributed by atoms with Crippen LogP contribution in [0.2, 0.25) is 0 Å². The molecule has 1 atom stereocenters. The van der Waals surface area contributed by atoms with Gasteiger partial charge in [-0.2, -0.15) is 0 Å². The molecular weight excluding hydrogens is 344 g/mol. The first kappa shape index (κ1) is 20.0. The molecule has 26 heavy (non-hydrogen) atoms. The molecular formula is C21H26N2O2S. The molecule has 0 fully saturated rings. The zero-order chi connectivity index (χ0) is 18.9. The number of carbonyl (C=O) groups excluding carboxylic acids is 2. The lowest BCUT2D eigenvalue weighted by Gasteiger charge is -2.21. The normalized spacial score (nSPS) is 11.7. The Labute approximate surface area is 160 Å². The van der Waals surface area contributed by atoms with E-state index in [0.717, 1.165) is 23.4 Å². The predicted molar refractivity (Wildman–Crippen MR) is 109 cm³/mol. The van der Waals surface area contributed by atoms with Crippen molar-refractivity contribution in [2.45, 2.75) is 31.3 Å². The number of aryl methyl sites for hydroxylation is 1. The summed E-state index contributed by atoms with van der Waals surface area (Å²) in [5.74, 6) is 0.560. The fourth-order valence-electron chi connectivity index (χ4n) is 2.61. The van der Waals surface area contributed by atoms with Gasteiger partial charge in [0, 0.05) is 18.5 Å². The Kier molecular flexibility index (Phi) is 7.73. The van der Waals surface area contributed by atoms with E-state index in [0.29, 0.717) is 0 Å². The maximum absolute atomic E-state index is 12.5. The summed E-state index contributed by atoms with van der Waals surface area (Å²) in [7, 11) is 1.67. The minimum Gasteiger partial charge on any atom is -0.335 e. The first-order chi connectivity index (χ1) is 12.5. The van der Waals surface area contributed by atoms with E-state index in [-0.39, 0.29) is 23.6 Å². The van der Waals surface area contributed by atoms with Crippen LogP contribution in [0.25, 0.3) is 0 Å². The minimum absolute atomic E-state index is 0.0372. The van der Waals surface area contributed by atoms with Crippen LogP contribution in [0.5, 0.6) is 0 Å². The molecule has 1 N–H and O–H groups in total. The number of rotatable bonds is 8. The van der Waals surface area contributed by atoms with E-state index in [2.05, 4.69) is 5.32 Å². The Morgan fingerprint density at radius 1 is 1.08 bits per heavy atom. The lowest BCUT2D eigenvalue weighted by Crippen LogP contribution is -2.39. The van der Waals surface area contributed by atoms with Gasteiger partial charge in [-0.05, 0) is 30.5 Å². The molecule has 0 heterocycles. The van der Waals surface area contributed by atoms with Crippen molar-refractivity contribution in [3.05, 3.63) is 65.7 Å². The summed E-state index contributed by atoms with van der Waals surface area (Å²) in [6.07, 6.45) is 0.846. The Hall–Kier alpha value is -2.27. The maximum Gasteiger partial charge on any atom is 0.243 e. The van der Waals surface area contributed by atoms with Crippen molar-refractivity contribution >= 4 is 29.3 Å². The van der Waals surface area contributed by atoms with Crippen LogP contribution in [0.1, 0.15) is 25.0 Å². The highest BCUT2D eigenvalue weighted by Gasteiger charge is 2.20. The van der Waals surface area contributed by atoms with Crippen molar-refractivity contribution in [2.24, 2.45) is 0 Å². The molecule has 0 aliphatic rings. The minimum atomic E-state index is -0.198. The quantitative estimate of drug-likeness (QED) is 0.765. The number of anilines is 1. The van der Waals surface area contributed by atoms with Crippen molar-refractivity contribution in [1.29, 1.82) is 0 Å². The van der Waals surface area contributed by atoms with Gasteiger partial charge in [0.15, 0.2) is 0 Å². The monoisotopic (exact) mass is 370 g/mol. The van der Waals surface area contributed by atoms with Gasteiger partial charge in [0.05, 0.1) is 11.8 Å². The molecule has 2 aromatic carbocycles.